The second-order valence-corrected chi connectivity index (χ2v) is 9.52. The van der Waals surface area contributed by atoms with Gasteiger partial charge in [0.2, 0.25) is 0 Å². The topological polar surface area (TPSA) is 46.5 Å². The number of aromatic hydroxyl groups is 1. The quantitative estimate of drug-likeness (QED) is 0.233. The summed E-state index contributed by atoms with van der Waals surface area (Å²) in [5.74, 6) is 1.95. The predicted octanol–water partition coefficient (Wildman–Crippen LogP) is 7.93. The molecule has 1 aromatic rings. The standard InChI is InChI=1S/C27H44O3/c1-21(2)11-8-12-22(3)13-9-14-23(4)15-10-16-24(5)19-20-30-27(29)25-17-6-7-18-26(25)28/h6-7,17-19,21-23,28H,8-16,20H2,1-5H3/b24-19+. The van der Waals surface area contributed by atoms with Gasteiger partial charge < -0.3 is 9.84 Å². The van der Waals surface area contributed by atoms with Crippen molar-refractivity contribution in [3.8, 4) is 5.75 Å². The summed E-state index contributed by atoms with van der Waals surface area (Å²) < 4.78 is 5.25. The number of carbonyl (C=O) groups excluding carboxylic acids is 1. The number of ether oxygens (including phenoxy) is 1. The summed E-state index contributed by atoms with van der Waals surface area (Å²) in [5, 5.41) is 9.69. The minimum atomic E-state index is -0.482. The smallest absolute Gasteiger partial charge is 0.342 e. The molecule has 2 atom stereocenters. The van der Waals surface area contributed by atoms with E-state index in [-0.39, 0.29) is 17.9 Å². The number of hydrogen-bond donors (Lipinski definition) is 1. The Morgan fingerprint density at radius 1 is 0.933 bits per heavy atom. The maximum atomic E-state index is 12.0. The Morgan fingerprint density at radius 3 is 2.10 bits per heavy atom. The molecule has 1 aromatic carbocycles. The number of rotatable bonds is 15. The zero-order valence-corrected chi connectivity index (χ0v) is 20.0. The van der Waals surface area contributed by atoms with Gasteiger partial charge in [-0.3, -0.25) is 0 Å². The van der Waals surface area contributed by atoms with Crippen LogP contribution >= 0.6 is 0 Å². The van der Waals surface area contributed by atoms with Gasteiger partial charge >= 0.3 is 5.97 Å². The first kappa shape index (κ1) is 26.3. The predicted molar refractivity (Wildman–Crippen MR) is 127 cm³/mol. The van der Waals surface area contributed by atoms with Gasteiger partial charge in [0.05, 0.1) is 0 Å². The first-order chi connectivity index (χ1) is 14.3. The highest BCUT2D eigenvalue weighted by Crippen LogP contribution is 2.22. The minimum absolute atomic E-state index is 0.0397. The Kier molecular flexibility index (Phi) is 13.2. The van der Waals surface area contributed by atoms with Crippen LogP contribution in [0.5, 0.6) is 5.75 Å². The number of hydrogen-bond acceptors (Lipinski definition) is 3. The van der Waals surface area contributed by atoms with E-state index in [9.17, 15) is 9.90 Å². The number of allylic oxidation sites excluding steroid dienone is 1. The van der Waals surface area contributed by atoms with E-state index in [2.05, 4.69) is 34.6 Å². The van der Waals surface area contributed by atoms with Gasteiger partial charge in [-0.15, -0.1) is 0 Å². The molecule has 0 aliphatic carbocycles. The van der Waals surface area contributed by atoms with Gasteiger partial charge in [-0.25, -0.2) is 4.79 Å². The fourth-order valence-corrected chi connectivity index (χ4v) is 3.79. The molecule has 0 fully saturated rings. The van der Waals surface area contributed by atoms with E-state index in [4.69, 9.17) is 4.74 Å². The molecule has 0 bridgehead atoms. The number of carbonyl (C=O) groups is 1. The summed E-state index contributed by atoms with van der Waals surface area (Å²) in [6.45, 7) is 11.8. The lowest BCUT2D eigenvalue weighted by Crippen LogP contribution is -2.05. The molecule has 3 nitrogen and oxygen atoms in total. The van der Waals surface area contributed by atoms with Crippen molar-refractivity contribution in [3.63, 3.8) is 0 Å². The number of phenolic OH excluding ortho intramolecular Hbond substituents is 1. The van der Waals surface area contributed by atoms with Crippen molar-refractivity contribution < 1.29 is 14.6 Å². The maximum absolute atomic E-state index is 12.0. The van der Waals surface area contributed by atoms with E-state index in [1.165, 1.54) is 63.0 Å². The fourth-order valence-electron chi connectivity index (χ4n) is 3.79. The maximum Gasteiger partial charge on any atom is 0.342 e. The van der Waals surface area contributed by atoms with Gasteiger partial charge in [-0.2, -0.15) is 0 Å². The highest BCUT2D eigenvalue weighted by molar-refractivity contribution is 5.92. The molecule has 0 saturated carbocycles. The van der Waals surface area contributed by atoms with Crippen LogP contribution in [-0.2, 0) is 4.74 Å². The van der Waals surface area contributed by atoms with E-state index < -0.39 is 5.97 Å². The van der Waals surface area contributed by atoms with E-state index in [1.54, 1.807) is 18.2 Å². The van der Waals surface area contributed by atoms with Crippen LogP contribution < -0.4 is 0 Å². The molecule has 0 saturated heterocycles. The molecule has 30 heavy (non-hydrogen) atoms. The van der Waals surface area contributed by atoms with E-state index >= 15 is 0 Å². The summed E-state index contributed by atoms with van der Waals surface area (Å²) in [7, 11) is 0. The van der Waals surface area contributed by atoms with Crippen LogP contribution in [0.1, 0.15) is 103 Å². The van der Waals surface area contributed by atoms with Crippen LogP contribution in [0.4, 0.5) is 0 Å². The van der Waals surface area contributed by atoms with Crippen molar-refractivity contribution in [2.75, 3.05) is 6.61 Å². The SMILES string of the molecule is C/C(=C\COC(=O)c1ccccc1O)CCCC(C)CCCC(C)CCCC(C)C. The van der Waals surface area contributed by atoms with E-state index in [0.717, 1.165) is 24.2 Å². The number of phenols is 1. The molecule has 0 aromatic heterocycles. The first-order valence-corrected chi connectivity index (χ1v) is 11.9. The van der Waals surface area contributed by atoms with Gasteiger partial charge in [-0.1, -0.05) is 90.3 Å². The lowest BCUT2D eigenvalue weighted by atomic mass is 9.91. The Bertz CT molecular complexity index is 633. The van der Waals surface area contributed by atoms with Gasteiger partial charge in [-0.05, 0) is 55.7 Å². The largest absolute Gasteiger partial charge is 0.507 e. The summed E-state index contributed by atoms with van der Waals surface area (Å²) in [6, 6.07) is 6.46. The number of benzene rings is 1. The third-order valence-electron chi connectivity index (χ3n) is 5.91. The lowest BCUT2D eigenvalue weighted by Gasteiger charge is -2.15. The van der Waals surface area contributed by atoms with Gasteiger partial charge in [0.25, 0.3) is 0 Å². The van der Waals surface area contributed by atoms with Gasteiger partial charge in [0, 0.05) is 0 Å². The second kappa shape index (κ2) is 15.1. The zero-order chi connectivity index (χ0) is 22.4. The van der Waals surface area contributed by atoms with Crippen LogP contribution in [0.3, 0.4) is 0 Å². The first-order valence-electron chi connectivity index (χ1n) is 11.9. The summed E-state index contributed by atoms with van der Waals surface area (Å²) in [4.78, 5) is 12.0. The Balaban J connectivity index is 2.13. The van der Waals surface area contributed by atoms with Crippen LogP contribution in [0.15, 0.2) is 35.9 Å². The van der Waals surface area contributed by atoms with E-state index in [1.807, 2.05) is 6.08 Å². The van der Waals surface area contributed by atoms with Crippen LogP contribution in [0, 0.1) is 17.8 Å². The summed E-state index contributed by atoms with van der Waals surface area (Å²) in [5.41, 5.74) is 1.47. The minimum Gasteiger partial charge on any atom is -0.507 e. The van der Waals surface area contributed by atoms with Crippen LogP contribution in [-0.4, -0.2) is 17.7 Å². The molecule has 170 valence electrons. The molecule has 3 heteroatoms. The van der Waals surface area contributed by atoms with Crippen LogP contribution in [0.2, 0.25) is 0 Å². The van der Waals surface area contributed by atoms with Crippen LogP contribution in [0.25, 0.3) is 0 Å². The molecule has 0 amide bonds. The summed E-state index contributed by atoms with van der Waals surface area (Å²) >= 11 is 0. The molecule has 1 N–H and O–H groups in total. The molecule has 0 radical (unpaired) electrons. The highest BCUT2D eigenvalue weighted by atomic mass is 16.5. The zero-order valence-electron chi connectivity index (χ0n) is 20.0. The number of para-hydroxylation sites is 1. The van der Waals surface area contributed by atoms with E-state index in [0.29, 0.717) is 0 Å². The van der Waals surface area contributed by atoms with Gasteiger partial charge in [0.15, 0.2) is 0 Å². The molecule has 0 aliphatic rings. The monoisotopic (exact) mass is 416 g/mol. The Labute approximate surface area is 184 Å². The molecule has 0 aliphatic heterocycles. The van der Waals surface area contributed by atoms with Gasteiger partial charge in [0.1, 0.15) is 17.9 Å². The Morgan fingerprint density at radius 2 is 1.50 bits per heavy atom. The van der Waals surface area contributed by atoms with Crippen molar-refractivity contribution in [3.05, 3.63) is 41.5 Å². The average molecular weight is 417 g/mol. The third-order valence-corrected chi connectivity index (χ3v) is 5.91. The molecule has 1 rings (SSSR count). The van der Waals surface area contributed by atoms with Crippen molar-refractivity contribution in [1.29, 1.82) is 0 Å². The average Bonchev–Trinajstić information content (AvgIpc) is 2.68. The van der Waals surface area contributed by atoms with Crippen molar-refractivity contribution in [2.45, 2.75) is 92.4 Å². The fraction of sp³-hybridized carbons (Fsp3) is 0.667. The second-order valence-electron chi connectivity index (χ2n) is 9.52. The third kappa shape index (κ3) is 12.0. The van der Waals surface area contributed by atoms with Crippen molar-refractivity contribution in [2.24, 2.45) is 17.8 Å². The van der Waals surface area contributed by atoms with Crippen molar-refractivity contribution in [1.82, 2.24) is 0 Å². The lowest BCUT2D eigenvalue weighted by molar-refractivity contribution is 0.0545. The van der Waals surface area contributed by atoms with Crippen molar-refractivity contribution >= 4 is 5.97 Å². The molecule has 0 spiro atoms. The molecular weight excluding hydrogens is 372 g/mol. The summed E-state index contributed by atoms with van der Waals surface area (Å²) in [6.07, 6.45) is 13.6. The normalized spacial score (nSPS) is 14.0. The Hall–Kier alpha value is -1.77. The highest BCUT2D eigenvalue weighted by Gasteiger charge is 2.11. The molecular formula is C27H44O3. The molecule has 2 unspecified atom stereocenters. The number of esters is 1. The molecule has 0 heterocycles.